The molecule has 2 saturated carbocycles. The lowest BCUT2D eigenvalue weighted by atomic mass is 9.84. The highest BCUT2D eigenvalue weighted by molar-refractivity contribution is 5.86. The molecule has 2 bridgehead atoms. The van der Waals surface area contributed by atoms with Crippen LogP contribution >= 0.6 is 0 Å². The number of urea groups is 1. The standard InChI is InChI=1S/C14H23N3O4/c1-7(12(18)17(2)3)15-14(21)16-11-9-5-4-8(6-9)10(11)13(19)20/h7-11H,4-6H2,1-3H3,(H,19,20)(H2,15,16,21). The first-order chi connectivity index (χ1) is 9.81. The van der Waals surface area contributed by atoms with Crippen LogP contribution in [0.2, 0.25) is 0 Å². The van der Waals surface area contributed by atoms with Crippen LogP contribution in [0.1, 0.15) is 26.2 Å². The first-order valence-electron chi connectivity index (χ1n) is 7.32. The number of nitrogens with zero attached hydrogens (tertiary/aromatic N) is 1. The van der Waals surface area contributed by atoms with Gasteiger partial charge in [-0.25, -0.2) is 4.79 Å². The lowest BCUT2D eigenvalue weighted by molar-refractivity contribution is -0.144. The van der Waals surface area contributed by atoms with Gasteiger partial charge in [-0.3, -0.25) is 9.59 Å². The van der Waals surface area contributed by atoms with Crippen molar-refractivity contribution in [2.24, 2.45) is 17.8 Å². The number of carboxylic acid groups (broad SMARTS) is 1. The minimum absolute atomic E-state index is 0.165. The van der Waals surface area contributed by atoms with Crippen LogP contribution < -0.4 is 10.6 Å². The summed E-state index contributed by atoms with van der Waals surface area (Å²) in [5.74, 6) is -1.15. The van der Waals surface area contributed by atoms with Gasteiger partial charge in [0, 0.05) is 20.1 Å². The number of carbonyl (C=O) groups excluding carboxylic acids is 2. The summed E-state index contributed by atoms with van der Waals surface area (Å²) in [5, 5.41) is 14.7. The number of hydrogen-bond acceptors (Lipinski definition) is 3. The SMILES string of the molecule is CC(NC(=O)NC1C2CCC(C2)C1C(=O)O)C(=O)N(C)C. The normalized spacial score (nSPS) is 31.6. The van der Waals surface area contributed by atoms with Crippen molar-refractivity contribution in [1.82, 2.24) is 15.5 Å². The Labute approximate surface area is 124 Å². The van der Waals surface area contributed by atoms with Gasteiger partial charge >= 0.3 is 12.0 Å². The first-order valence-corrected chi connectivity index (χ1v) is 7.32. The molecule has 0 spiro atoms. The zero-order valence-corrected chi connectivity index (χ0v) is 12.6. The Morgan fingerprint density at radius 1 is 1.19 bits per heavy atom. The molecule has 2 rings (SSSR count). The van der Waals surface area contributed by atoms with Crippen LogP contribution in [0.4, 0.5) is 4.79 Å². The smallest absolute Gasteiger partial charge is 0.315 e. The molecule has 7 nitrogen and oxygen atoms in total. The van der Waals surface area contributed by atoms with Crippen LogP contribution in [0, 0.1) is 17.8 Å². The molecule has 7 heteroatoms. The van der Waals surface area contributed by atoms with E-state index in [9.17, 15) is 19.5 Å². The summed E-state index contributed by atoms with van der Waals surface area (Å²) < 4.78 is 0. The van der Waals surface area contributed by atoms with E-state index in [-0.39, 0.29) is 23.8 Å². The number of amides is 3. The van der Waals surface area contributed by atoms with E-state index in [1.165, 1.54) is 4.90 Å². The fourth-order valence-electron chi connectivity index (χ4n) is 3.69. The molecule has 0 aromatic rings. The average molecular weight is 297 g/mol. The van der Waals surface area contributed by atoms with Gasteiger partial charge in [0.2, 0.25) is 5.91 Å². The van der Waals surface area contributed by atoms with Gasteiger partial charge in [-0.05, 0) is 38.0 Å². The van der Waals surface area contributed by atoms with E-state index >= 15 is 0 Å². The van der Waals surface area contributed by atoms with Crippen molar-refractivity contribution in [3.8, 4) is 0 Å². The molecule has 0 saturated heterocycles. The number of carbonyl (C=O) groups is 3. The molecule has 3 N–H and O–H groups in total. The summed E-state index contributed by atoms with van der Waals surface area (Å²) in [6, 6.07) is -1.44. The number of nitrogens with one attached hydrogen (secondary N) is 2. The van der Waals surface area contributed by atoms with E-state index in [4.69, 9.17) is 0 Å². The third kappa shape index (κ3) is 3.11. The van der Waals surface area contributed by atoms with E-state index in [2.05, 4.69) is 10.6 Å². The van der Waals surface area contributed by atoms with Gasteiger partial charge in [-0.1, -0.05) is 0 Å². The number of likely N-dealkylation sites (N-methyl/N-ethyl adjacent to an activating group) is 1. The molecule has 0 radical (unpaired) electrons. The molecular weight excluding hydrogens is 274 g/mol. The summed E-state index contributed by atoms with van der Waals surface area (Å²) in [5.41, 5.74) is 0. The van der Waals surface area contributed by atoms with E-state index in [0.29, 0.717) is 0 Å². The molecule has 0 aromatic carbocycles. The minimum atomic E-state index is -0.843. The van der Waals surface area contributed by atoms with Crippen LogP contribution in [0.25, 0.3) is 0 Å². The second-order valence-corrected chi connectivity index (χ2v) is 6.30. The van der Waals surface area contributed by atoms with Crippen LogP contribution in [0.3, 0.4) is 0 Å². The highest BCUT2D eigenvalue weighted by Crippen LogP contribution is 2.48. The topological polar surface area (TPSA) is 98.7 Å². The maximum atomic E-state index is 12.0. The lowest BCUT2D eigenvalue weighted by Crippen LogP contribution is -2.54. The second-order valence-electron chi connectivity index (χ2n) is 6.30. The maximum Gasteiger partial charge on any atom is 0.315 e. The Bertz CT molecular complexity index is 452. The first kappa shape index (κ1) is 15.6. The molecule has 2 aliphatic carbocycles. The van der Waals surface area contributed by atoms with Crippen molar-refractivity contribution in [2.45, 2.75) is 38.3 Å². The Morgan fingerprint density at radius 2 is 1.81 bits per heavy atom. The lowest BCUT2D eigenvalue weighted by Gasteiger charge is -2.29. The highest BCUT2D eigenvalue weighted by atomic mass is 16.4. The molecule has 0 aliphatic heterocycles. The fourth-order valence-corrected chi connectivity index (χ4v) is 3.69. The van der Waals surface area contributed by atoms with Crippen molar-refractivity contribution in [1.29, 1.82) is 0 Å². The number of hydrogen-bond donors (Lipinski definition) is 3. The zero-order valence-electron chi connectivity index (χ0n) is 12.6. The summed E-state index contributed by atoms with van der Waals surface area (Å²) in [4.78, 5) is 36.5. The third-order valence-corrected chi connectivity index (χ3v) is 4.66. The molecule has 2 aliphatic rings. The number of rotatable bonds is 4. The van der Waals surface area contributed by atoms with E-state index in [0.717, 1.165) is 19.3 Å². The molecule has 118 valence electrons. The molecule has 0 aromatic heterocycles. The summed E-state index contributed by atoms with van der Waals surface area (Å²) in [6.07, 6.45) is 2.76. The molecule has 21 heavy (non-hydrogen) atoms. The Kier molecular flexibility index (Phi) is 4.39. The number of aliphatic carboxylic acids is 1. The van der Waals surface area contributed by atoms with Crippen LogP contribution in [0.5, 0.6) is 0 Å². The van der Waals surface area contributed by atoms with Crippen molar-refractivity contribution >= 4 is 17.9 Å². The predicted octanol–water partition coefficient (Wildman–Crippen LogP) is 0.262. The largest absolute Gasteiger partial charge is 0.481 e. The zero-order chi connectivity index (χ0) is 15.7. The van der Waals surface area contributed by atoms with Gasteiger partial charge in [0.1, 0.15) is 6.04 Å². The second kappa shape index (κ2) is 5.91. The quantitative estimate of drug-likeness (QED) is 0.693. The van der Waals surface area contributed by atoms with Crippen LogP contribution in [-0.2, 0) is 9.59 Å². The predicted molar refractivity (Wildman–Crippen MR) is 75.6 cm³/mol. The molecule has 3 amide bonds. The molecule has 2 fully saturated rings. The highest BCUT2D eigenvalue weighted by Gasteiger charge is 2.51. The van der Waals surface area contributed by atoms with E-state index < -0.39 is 24.0 Å². The molecule has 5 atom stereocenters. The Morgan fingerprint density at radius 3 is 2.38 bits per heavy atom. The monoisotopic (exact) mass is 297 g/mol. The summed E-state index contributed by atoms with van der Waals surface area (Å²) in [7, 11) is 3.24. The van der Waals surface area contributed by atoms with Crippen LogP contribution in [0.15, 0.2) is 0 Å². The Hall–Kier alpha value is -1.79. The van der Waals surface area contributed by atoms with Gasteiger partial charge in [-0.2, -0.15) is 0 Å². The fraction of sp³-hybridized carbons (Fsp3) is 0.786. The molecule has 0 heterocycles. The average Bonchev–Trinajstić information content (AvgIpc) is 2.97. The third-order valence-electron chi connectivity index (χ3n) is 4.66. The maximum absolute atomic E-state index is 12.0. The van der Waals surface area contributed by atoms with E-state index in [1.807, 2.05) is 0 Å². The van der Waals surface area contributed by atoms with Gasteiger partial charge < -0.3 is 20.6 Å². The van der Waals surface area contributed by atoms with Gasteiger partial charge in [0.05, 0.1) is 5.92 Å². The number of fused-ring (bicyclic) bond motifs is 2. The summed E-state index contributed by atoms with van der Waals surface area (Å²) >= 11 is 0. The van der Waals surface area contributed by atoms with Crippen molar-refractivity contribution in [3.63, 3.8) is 0 Å². The molecule has 5 unspecified atom stereocenters. The minimum Gasteiger partial charge on any atom is -0.481 e. The van der Waals surface area contributed by atoms with Gasteiger partial charge in [0.15, 0.2) is 0 Å². The van der Waals surface area contributed by atoms with Gasteiger partial charge in [-0.15, -0.1) is 0 Å². The Balaban J connectivity index is 1.93. The van der Waals surface area contributed by atoms with Crippen molar-refractivity contribution in [3.05, 3.63) is 0 Å². The van der Waals surface area contributed by atoms with E-state index in [1.54, 1.807) is 21.0 Å². The summed E-state index contributed by atoms with van der Waals surface area (Å²) in [6.45, 7) is 1.61. The van der Waals surface area contributed by atoms with Crippen LogP contribution in [-0.4, -0.2) is 54.1 Å². The van der Waals surface area contributed by atoms with Gasteiger partial charge in [0.25, 0.3) is 0 Å². The molecular formula is C14H23N3O4. The van der Waals surface area contributed by atoms with Crippen molar-refractivity contribution in [2.75, 3.05) is 14.1 Å². The number of carboxylic acids is 1. The van der Waals surface area contributed by atoms with Crippen molar-refractivity contribution < 1.29 is 19.5 Å².